The second-order valence-electron chi connectivity index (χ2n) is 0. The molecule has 0 atom stereocenters. The van der Waals surface area contributed by atoms with Crippen LogP contribution in [0, 0.1) is 0 Å². The van der Waals surface area contributed by atoms with E-state index in [2.05, 4.69) is 0 Å². The van der Waals surface area contributed by atoms with Crippen LogP contribution in [-0.2, 0) is 89.8 Å². The third kappa shape index (κ3) is 66.5. The summed E-state index contributed by atoms with van der Waals surface area (Å²) in [7, 11) is 0. The molecule has 0 aromatic rings. The third-order valence-corrected chi connectivity index (χ3v) is 0. The van der Waals surface area contributed by atoms with Crippen molar-refractivity contribution in [2.75, 3.05) is 0 Å². The summed E-state index contributed by atoms with van der Waals surface area (Å²) in [6, 6.07) is 0. The zero-order valence-electron chi connectivity index (χ0n) is 11.8. The Morgan fingerprint density at radius 1 is 1.09 bits per heavy atom. The van der Waals surface area contributed by atoms with Crippen molar-refractivity contribution in [3.63, 3.8) is 0 Å². The van der Waals surface area contributed by atoms with E-state index >= 15 is 0 Å². The van der Waals surface area contributed by atoms with Crippen LogP contribution in [0.4, 0.5) is 0 Å². The van der Waals surface area contributed by atoms with Crippen LogP contribution in [0.25, 0.3) is 0 Å². The molecule has 0 aliphatic carbocycles. The summed E-state index contributed by atoms with van der Waals surface area (Å²) in [5, 5.41) is 0. The molecule has 0 N–H and O–H groups in total. The molecular weight excluding hydrogens is 967 g/mol. The monoisotopic (exact) mass is 976 g/mol. The minimum absolute atomic E-state index is 0. The predicted molar refractivity (Wildman–Crippen MR) is 29.8 cm³/mol. The van der Waals surface area contributed by atoms with E-state index in [9.17, 15) is 0 Å². The Bertz CT molecular complexity index is 52.4. The van der Waals surface area contributed by atoms with Crippen LogP contribution in [-0.4, -0.2) is 102 Å². The summed E-state index contributed by atoms with van der Waals surface area (Å²) < 4.78 is 0. The van der Waals surface area contributed by atoms with Crippen molar-refractivity contribution < 1.29 is 197 Å². The van der Waals surface area contributed by atoms with Gasteiger partial charge in [0, 0.05) is 89.8 Å². The first kappa shape index (κ1) is 86.9. The van der Waals surface area contributed by atoms with Crippen LogP contribution in [0.1, 0.15) is 7.13 Å². The summed E-state index contributed by atoms with van der Waals surface area (Å²) in [4.78, 5) is 0. The molecule has 0 aromatic carbocycles. The van der Waals surface area contributed by atoms with Gasteiger partial charge in [-0.15, -0.1) is 0 Å². The van der Waals surface area contributed by atoms with E-state index in [0.29, 0.717) is 0 Å². The van der Waals surface area contributed by atoms with Crippen LogP contribution in [0.15, 0.2) is 0 Å². The Morgan fingerprint density at radius 2 is 1.09 bits per heavy atom. The number of hydrogen-bond donors (Lipinski definition) is 0. The van der Waals surface area contributed by atoms with Gasteiger partial charge in [-0.25, -0.2) is 0 Å². The van der Waals surface area contributed by atoms with E-state index in [0.717, 1.165) is 0 Å². The molecule has 0 saturated carbocycles. The van der Waals surface area contributed by atoms with Gasteiger partial charge < -0.3 is 7.13 Å². The van der Waals surface area contributed by atoms with E-state index in [1.54, 1.807) is 0 Å². The predicted octanol–water partition coefficient (Wildman–Crippen LogP) is -10.9. The molecule has 0 aromatic heterocycles. The van der Waals surface area contributed by atoms with Gasteiger partial charge in [0.05, 0.1) is 0 Å². The zero-order valence-corrected chi connectivity index (χ0v) is 32.9. The van der Waals surface area contributed by atoms with Crippen LogP contribution < -0.4 is 99.8 Å². The molecule has 0 aliphatic rings. The molecule has 0 heterocycles. The molecule has 72 valence electrons. The van der Waals surface area contributed by atoms with Gasteiger partial charge in [0.15, 0.2) is 0 Å². The van der Waals surface area contributed by atoms with E-state index in [4.69, 9.17) is 0 Å². The van der Waals surface area contributed by atoms with Gasteiger partial charge in [0.25, 0.3) is 0 Å². The van der Waals surface area contributed by atoms with Gasteiger partial charge in [-0.2, -0.15) is 0 Å². The van der Waals surface area contributed by atoms with Crippen LogP contribution >= 0.6 is 0 Å². The van der Waals surface area contributed by atoms with Crippen LogP contribution in [0.3, 0.4) is 0 Å². The van der Waals surface area contributed by atoms with Gasteiger partial charge in [-0.05, 0) is 0 Å². The van der Waals surface area contributed by atoms with Crippen molar-refractivity contribution in [3.8, 4) is 0 Å². The molecule has 6 radical (unpaired) electrons. The number of hydrogen-bond acceptors (Lipinski definition) is 0. The maximum atomic E-state index is 0. The standard InChI is InChI=1S/Ag.Ba.Bi.Co.Cu.K.Li.Mn.Na.Ni.Pb.10H/q;+2;;;;2*+1;;+1;;;;;;;;5*-1. The van der Waals surface area contributed by atoms with Crippen LogP contribution in [0.5, 0.6) is 0 Å². The topological polar surface area (TPSA) is 0 Å². The van der Waals surface area contributed by atoms with E-state index < -0.39 is 0 Å². The van der Waals surface area contributed by atoms with Crippen LogP contribution in [0.2, 0.25) is 0 Å². The summed E-state index contributed by atoms with van der Waals surface area (Å²) in [5.74, 6) is 0. The molecule has 0 aliphatic heterocycles. The fourth-order valence-corrected chi connectivity index (χ4v) is 0. The molecule has 11 heteroatoms. The fourth-order valence-electron chi connectivity index (χ4n) is 0. The van der Waals surface area contributed by atoms with Crippen molar-refractivity contribution in [3.05, 3.63) is 0 Å². The average molecular weight is 977 g/mol. The molecule has 0 unspecified atom stereocenters. The van der Waals surface area contributed by atoms with Gasteiger partial charge in [-0.1, -0.05) is 0 Å². The van der Waals surface area contributed by atoms with Crippen molar-refractivity contribution in [1.82, 2.24) is 0 Å². The van der Waals surface area contributed by atoms with Crippen molar-refractivity contribution in [2.24, 2.45) is 0 Å². The Morgan fingerprint density at radius 3 is 1.09 bits per heavy atom. The first-order valence-electron chi connectivity index (χ1n) is 0. The number of rotatable bonds is 0. The molecule has 0 rings (SSSR count). The SMILES string of the molecule is [Ag].[Ba+2].[BiH3].[Co].[Cu].[H-].[H-].[H-].[H-].[H-].[K+].[Li+].[Mn].[Na+].[Ni].[PbH2]. The maximum absolute atomic E-state index is 0. The molecule has 0 saturated heterocycles. The second-order valence-corrected chi connectivity index (χ2v) is 0. The van der Waals surface area contributed by atoms with Crippen molar-refractivity contribution >= 4 is 102 Å². The first-order valence-corrected chi connectivity index (χ1v) is 0. The van der Waals surface area contributed by atoms with Gasteiger partial charge in [0.2, 0.25) is 0 Å². The molecule has 0 amide bonds. The Balaban J connectivity index is 0. The van der Waals surface area contributed by atoms with E-state index in [-0.39, 0.29) is 299 Å². The Labute approximate surface area is 290 Å². The Hall–Kier alpha value is 9.39. The van der Waals surface area contributed by atoms with E-state index in [1.807, 2.05) is 0 Å². The normalized spacial score (nSPS) is 0. The van der Waals surface area contributed by atoms with E-state index in [1.165, 1.54) is 0 Å². The summed E-state index contributed by atoms with van der Waals surface area (Å²) >= 11 is 0. The fraction of sp³-hybridized carbons (Fsp3) is 0. The summed E-state index contributed by atoms with van der Waals surface area (Å²) in [6.07, 6.45) is 0. The second kappa shape index (κ2) is 74.4. The third-order valence-electron chi connectivity index (χ3n) is 0. The summed E-state index contributed by atoms with van der Waals surface area (Å²) in [6.45, 7) is 0. The molecule has 0 bridgehead atoms. The van der Waals surface area contributed by atoms with Gasteiger partial charge >= 0.3 is 202 Å². The quantitative estimate of drug-likeness (QED) is 0.212. The van der Waals surface area contributed by atoms with Crippen molar-refractivity contribution in [2.45, 2.75) is 0 Å². The molecular formula is H10AgBaBiCoCuKLiMnNaNiPb. The van der Waals surface area contributed by atoms with Crippen molar-refractivity contribution in [1.29, 1.82) is 0 Å². The Kier molecular flexibility index (Phi) is 588. The zero-order chi connectivity index (χ0) is 0. The molecule has 0 nitrogen and oxygen atoms in total. The molecule has 0 spiro atoms. The van der Waals surface area contributed by atoms with Gasteiger partial charge in [0.1, 0.15) is 0 Å². The molecule has 0 fully saturated rings. The summed E-state index contributed by atoms with van der Waals surface area (Å²) in [5.41, 5.74) is 0. The molecule has 11 heavy (non-hydrogen) atoms. The minimum atomic E-state index is 0. The first-order chi connectivity index (χ1) is 0. The average Bonchev–Trinajstić information content (AvgIpc) is 0. The van der Waals surface area contributed by atoms with Gasteiger partial charge in [-0.3, -0.25) is 0 Å².